The van der Waals surface area contributed by atoms with Crippen molar-refractivity contribution in [1.82, 2.24) is 20.2 Å². The summed E-state index contributed by atoms with van der Waals surface area (Å²) in [5.74, 6) is 0.300. The lowest BCUT2D eigenvalue weighted by Gasteiger charge is -2.25. The summed E-state index contributed by atoms with van der Waals surface area (Å²) in [5, 5.41) is 3.92. The minimum atomic E-state index is -0.0429. The molecule has 1 fully saturated rings. The molecule has 0 unspecified atom stereocenters. The number of rotatable bonds is 6. The quantitative estimate of drug-likeness (QED) is 0.846. The number of hydrogen-bond acceptors (Lipinski definition) is 5. The summed E-state index contributed by atoms with van der Waals surface area (Å²) in [7, 11) is 0. The van der Waals surface area contributed by atoms with E-state index in [2.05, 4.69) is 29.1 Å². The van der Waals surface area contributed by atoms with Gasteiger partial charge < -0.3 is 10.2 Å². The van der Waals surface area contributed by atoms with Crippen LogP contribution in [0.25, 0.3) is 0 Å². The Morgan fingerprint density at radius 3 is 2.81 bits per heavy atom. The highest BCUT2D eigenvalue weighted by atomic mass is 32.1. The summed E-state index contributed by atoms with van der Waals surface area (Å²) in [5.41, 5.74) is 1.60. The molecular formula is C19H24N4O2S. The van der Waals surface area contributed by atoms with E-state index in [1.807, 2.05) is 25.1 Å². The van der Waals surface area contributed by atoms with Gasteiger partial charge in [0.25, 0.3) is 5.91 Å². The van der Waals surface area contributed by atoms with E-state index < -0.39 is 0 Å². The molecule has 0 bridgehead atoms. The van der Waals surface area contributed by atoms with Crippen molar-refractivity contribution in [3.05, 3.63) is 45.7 Å². The molecule has 2 aromatic heterocycles. The van der Waals surface area contributed by atoms with Crippen molar-refractivity contribution >= 4 is 23.2 Å². The van der Waals surface area contributed by atoms with Gasteiger partial charge in [0, 0.05) is 31.1 Å². The summed E-state index contributed by atoms with van der Waals surface area (Å²) in [6, 6.07) is 5.67. The average molecular weight is 372 g/mol. The van der Waals surface area contributed by atoms with Crippen LogP contribution in [-0.2, 0) is 11.3 Å². The highest BCUT2D eigenvalue weighted by molar-refractivity contribution is 7.13. The SMILES string of the molecule is Cc1nc(C(C)C)sc1C(=O)N(Cc1ccccn1)C[C@@H]1CCC(=O)N1. The largest absolute Gasteiger partial charge is 0.352 e. The van der Waals surface area contributed by atoms with E-state index in [0.717, 1.165) is 22.8 Å². The molecule has 3 rings (SSSR count). The van der Waals surface area contributed by atoms with E-state index in [9.17, 15) is 9.59 Å². The van der Waals surface area contributed by atoms with Gasteiger partial charge in [0.15, 0.2) is 0 Å². The first-order valence-corrected chi connectivity index (χ1v) is 9.71. The summed E-state index contributed by atoms with van der Waals surface area (Å²) in [4.78, 5) is 36.1. The first-order valence-electron chi connectivity index (χ1n) is 8.90. The fraction of sp³-hybridized carbons (Fsp3) is 0.474. The first kappa shape index (κ1) is 18.5. The number of thiazole rings is 1. The van der Waals surface area contributed by atoms with Crippen LogP contribution in [0.2, 0.25) is 0 Å². The smallest absolute Gasteiger partial charge is 0.266 e. The molecular weight excluding hydrogens is 348 g/mol. The molecule has 2 aromatic rings. The summed E-state index contributed by atoms with van der Waals surface area (Å²) in [6.45, 7) is 6.93. The maximum atomic E-state index is 13.2. The topological polar surface area (TPSA) is 75.2 Å². The molecule has 6 nitrogen and oxygen atoms in total. The van der Waals surface area contributed by atoms with Crippen LogP contribution in [0, 0.1) is 6.92 Å². The lowest BCUT2D eigenvalue weighted by Crippen LogP contribution is -2.41. The Hall–Kier alpha value is -2.28. The normalized spacial score (nSPS) is 16.8. The van der Waals surface area contributed by atoms with E-state index in [1.54, 1.807) is 11.1 Å². The lowest BCUT2D eigenvalue weighted by molar-refractivity contribution is -0.119. The highest BCUT2D eigenvalue weighted by Gasteiger charge is 2.28. The molecule has 2 amide bonds. The Bertz CT molecular complexity index is 788. The van der Waals surface area contributed by atoms with Crippen LogP contribution in [0.5, 0.6) is 0 Å². The number of pyridine rings is 1. The number of hydrogen-bond donors (Lipinski definition) is 1. The van der Waals surface area contributed by atoms with E-state index in [1.165, 1.54) is 11.3 Å². The second-order valence-corrected chi connectivity index (χ2v) is 7.96. The van der Waals surface area contributed by atoms with Crippen molar-refractivity contribution in [2.45, 2.75) is 52.1 Å². The van der Waals surface area contributed by atoms with Gasteiger partial charge in [0.2, 0.25) is 5.91 Å². The number of aryl methyl sites for hydroxylation is 1. The van der Waals surface area contributed by atoms with Crippen molar-refractivity contribution in [2.24, 2.45) is 0 Å². The zero-order valence-corrected chi connectivity index (χ0v) is 16.2. The van der Waals surface area contributed by atoms with Crippen LogP contribution in [0.1, 0.15) is 58.7 Å². The number of carbonyl (C=O) groups excluding carboxylic acids is 2. The van der Waals surface area contributed by atoms with Crippen molar-refractivity contribution in [2.75, 3.05) is 6.54 Å². The maximum Gasteiger partial charge on any atom is 0.266 e. The summed E-state index contributed by atoms with van der Waals surface area (Å²) < 4.78 is 0. The van der Waals surface area contributed by atoms with Crippen LogP contribution >= 0.6 is 11.3 Å². The van der Waals surface area contributed by atoms with Gasteiger partial charge in [-0.3, -0.25) is 14.6 Å². The second kappa shape index (κ2) is 7.95. The molecule has 1 aliphatic rings. The molecule has 0 saturated carbocycles. The molecule has 0 aromatic carbocycles. The first-order chi connectivity index (χ1) is 12.4. The predicted molar refractivity (Wildman–Crippen MR) is 101 cm³/mol. The molecule has 3 heterocycles. The van der Waals surface area contributed by atoms with Gasteiger partial charge in [-0.25, -0.2) is 4.98 Å². The summed E-state index contributed by atoms with van der Waals surface area (Å²) in [6.07, 6.45) is 3.00. The minimum absolute atomic E-state index is 0.00652. The molecule has 26 heavy (non-hydrogen) atoms. The zero-order valence-electron chi connectivity index (χ0n) is 15.4. The monoisotopic (exact) mass is 372 g/mol. The average Bonchev–Trinajstić information content (AvgIpc) is 3.20. The molecule has 1 N–H and O–H groups in total. The van der Waals surface area contributed by atoms with E-state index >= 15 is 0 Å². The van der Waals surface area contributed by atoms with Gasteiger partial charge >= 0.3 is 0 Å². The van der Waals surface area contributed by atoms with Crippen LogP contribution < -0.4 is 5.32 Å². The number of aromatic nitrogens is 2. The Labute approximate surface area is 157 Å². The molecule has 1 atom stereocenters. The Kier molecular flexibility index (Phi) is 5.66. The Morgan fingerprint density at radius 2 is 2.23 bits per heavy atom. The second-order valence-electron chi connectivity index (χ2n) is 6.93. The van der Waals surface area contributed by atoms with Crippen LogP contribution in [0.3, 0.4) is 0 Å². The fourth-order valence-electron chi connectivity index (χ4n) is 2.99. The molecule has 1 saturated heterocycles. The van der Waals surface area contributed by atoms with Crippen molar-refractivity contribution in [3.63, 3.8) is 0 Å². The Morgan fingerprint density at radius 1 is 1.42 bits per heavy atom. The fourth-order valence-corrected chi connectivity index (χ4v) is 4.03. The third kappa shape index (κ3) is 4.27. The number of carbonyl (C=O) groups is 2. The molecule has 1 aliphatic heterocycles. The lowest BCUT2D eigenvalue weighted by atomic mass is 10.2. The molecule has 138 valence electrons. The van der Waals surface area contributed by atoms with Gasteiger partial charge in [0.1, 0.15) is 4.88 Å². The number of amides is 2. The number of nitrogens with one attached hydrogen (secondary N) is 1. The van der Waals surface area contributed by atoms with Gasteiger partial charge in [0.05, 0.1) is 22.9 Å². The molecule has 0 aliphatic carbocycles. The van der Waals surface area contributed by atoms with E-state index in [4.69, 9.17) is 0 Å². The standard InChI is InChI=1S/C19H24N4O2S/c1-12(2)18-21-13(3)17(26-18)19(25)23(10-14-6-4-5-9-20-14)11-15-7-8-16(24)22-15/h4-6,9,12,15H,7-8,10-11H2,1-3H3,(H,22,24)/t15-/m0/s1. The van der Waals surface area contributed by atoms with Crippen molar-refractivity contribution in [1.29, 1.82) is 0 Å². The van der Waals surface area contributed by atoms with E-state index in [-0.39, 0.29) is 17.9 Å². The summed E-state index contributed by atoms with van der Waals surface area (Å²) >= 11 is 1.46. The highest BCUT2D eigenvalue weighted by Crippen LogP contribution is 2.26. The zero-order chi connectivity index (χ0) is 18.7. The van der Waals surface area contributed by atoms with Gasteiger partial charge in [-0.1, -0.05) is 19.9 Å². The van der Waals surface area contributed by atoms with Crippen LogP contribution in [0.15, 0.2) is 24.4 Å². The predicted octanol–water partition coefficient (Wildman–Crippen LogP) is 2.89. The van der Waals surface area contributed by atoms with Crippen molar-refractivity contribution < 1.29 is 9.59 Å². The van der Waals surface area contributed by atoms with Crippen LogP contribution in [0.4, 0.5) is 0 Å². The third-order valence-electron chi connectivity index (χ3n) is 4.39. The molecule has 7 heteroatoms. The van der Waals surface area contributed by atoms with Crippen molar-refractivity contribution in [3.8, 4) is 0 Å². The third-order valence-corrected chi connectivity index (χ3v) is 5.84. The minimum Gasteiger partial charge on any atom is -0.352 e. The van der Waals surface area contributed by atoms with E-state index in [0.29, 0.717) is 30.3 Å². The van der Waals surface area contributed by atoms with Crippen LogP contribution in [-0.4, -0.2) is 39.3 Å². The number of nitrogens with zero attached hydrogens (tertiary/aromatic N) is 3. The Balaban J connectivity index is 1.83. The van der Waals surface area contributed by atoms with Gasteiger partial charge in [-0.15, -0.1) is 11.3 Å². The molecule has 0 radical (unpaired) electrons. The molecule has 0 spiro atoms. The van der Waals surface area contributed by atoms with Gasteiger partial charge in [-0.2, -0.15) is 0 Å². The van der Waals surface area contributed by atoms with Gasteiger partial charge in [-0.05, 0) is 25.5 Å². The maximum absolute atomic E-state index is 13.2.